The Balaban J connectivity index is 1.86. The summed E-state index contributed by atoms with van der Waals surface area (Å²) in [6.07, 6.45) is 0. The molecule has 0 N–H and O–H groups in total. The Hall–Kier alpha value is -3.32. The van der Waals surface area contributed by atoms with E-state index in [1.165, 1.54) is 33.6 Å². The van der Waals surface area contributed by atoms with E-state index in [4.69, 9.17) is 0 Å². The zero-order valence-electron chi connectivity index (χ0n) is 14.8. The number of benzene rings is 4. The fourth-order valence-corrected chi connectivity index (χ4v) is 3.37. The summed E-state index contributed by atoms with van der Waals surface area (Å²) in [5, 5.41) is 0. The van der Waals surface area contributed by atoms with E-state index in [2.05, 4.69) is 115 Å². The van der Waals surface area contributed by atoms with Gasteiger partial charge in [0.2, 0.25) is 0 Å². The first-order valence-corrected chi connectivity index (χ1v) is 8.87. The van der Waals surface area contributed by atoms with Crippen LogP contribution in [0.1, 0.15) is 0 Å². The number of rotatable bonds is 4. The maximum absolute atomic E-state index is 2.25. The van der Waals surface area contributed by atoms with Crippen LogP contribution in [0.2, 0.25) is 0 Å². The van der Waals surface area contributed by atoms with E-state index < -0.39 is 0 Å². The molecule has 0 fully saturated rings. The summed E-state index contributed by atoms with van der Waals surface area (Å²) in [6.45, 7) is 0. The van der Waals surface area contributed by atoms with Gasteiger partial charge in [-0.1, -0.05) is 91.0 Å². The predicted octanol–water partition coefficient (Wildman–Crippen LogP) is 6.79. The van der Waals surface area contributed by atoms with Crippen LogP contribution in [0.3, 0.4) is 0 Å². The molecule has 0 spiro atoms. The molecule has 0 aromatic heterocycles. The maximum atomic E-state index is 2.25. The van der Waals surface area contributed by atoms with E-state index in [1.54, 1.807) is 0 Å². The molecule has 1 nitrogen and oxygen atoms in total. The summed E-state index contributed by atoms with van der Waals surface area (Å²) in [6, 6.07) is 38.3. The molecule has 0 aliphatic heterocycles. The lowest BCUT2D eigenvalue weighted by Crippen LogP contribution is -2.10. The molecule has 0 bridgehead atoms. The number of anilines is 2. The number of para-hydroxylation sites is 2. The van der Waals surface area contributed by atoms with Crippen molar-refractivity contribution in [2.75, 3.05) is 11.9 Å². The van der Waals surface area contributed by atoms with Gasteiger partial charge in [0.15, 0.2) is 0 Å². The molecule has 0 unspecified atom stereocenters. The summed E-state index contributed by atoms with van der Waals surface area (Å²) in [5.41, 5.74) is 7.34. The van der Waals surface area contributed by atoms with E-state index in [9.17, 15) is 0 Å². The first kappa shape index (κ1) is 16.2. The predicted molar refractivity (Wildman–Crippen MR) is 112 cm³/mol. The third-order valence-corrected chi connectivity index (χ3v) is 4.71. The highest BCUT2D eigenvalue weighted by molar-refractivity contribution is 5.90. The molecule has 4 aromatic rings. The average Bonchev–Trinajstić information content (AvgIpc) is 2.74. The van der Waals surface area contributed by atoms with Crippen LogP contribution in [0.5, 0.6) is 0 Å². The van der Waals surface area contributed by atoms with Gasteiger partial charge in [-0.25, -0.2) is 0 Å². The lowest BCUT2D eigenvalue weighted by molar-refractivity contribution is 1.21. The topological polar surface area (TPSA) is 3.24 Å². The fourth-order valence-electron chi connectivity index (χ4n) is 3.37. The first-order valence-electron chi connectivity index (χ1n) is 8.87. The van der Waals surface area contributed by atoms with E-state index in [-0.39, 0.29) is 0 Å². The van der Waals surface area contributed by atoms with Crippen molar-refractivity contribution in [2.24, 2.45) is 0 Å². The van der Waals surface area contributed by atoms with Crippen molar-refractivity contribution in [3.8, 4) is 22.3 Å². The van der Waals surface area contributed by atoms with Gasteiger partial charge in [-0.2, -0.15) is 0 Å². The summed E-state index contributed by atoms with van der Waals surface area (Å²) in [4.78, 5) is 2.25. The quantitative estimate of drug-likeness (QED) is 0.397. The minimum Gasteiger partial charge on any atom is -0.344 e. The Morgan fingerprint density at radius 1 is 0.462 bits per heavy atom. The van der Waals surface area contributed by atoms with E-state index >= 15 is 0 Å². The molecular formula is C25H21N. The largest absolute Gasteiger partial charge is 0.344 e. The van der Waals surface area contributed by atoms with Gasteiger partial charge in [0, 0.05) is 24.0 Å². The van der Waals surface area contributed by atoms with Crippen molar-refractivity contribution in [2.45, 2.75) is 0 Å². The van der Waals surface area contributed by atoms with E-state index in [1.807, 2.05) is 6.07 Å². The molecule has 0 radical (unpaired) electrons. The Morgan fingerprint density at radius 2 is 0.962 bits per heavy atom. The molecule has 4 aromatic carbocycles. The van der Waals surface area contributed by atoms with Crippen LogP contribution in [-0.4, -0.2) is 7.05 Å². The second-order valence-electron chi connectivity index (χ2n) is 6.32. The van der Waals surface area contributed by atoms with E-state index in [0.29, 0.717) is 0 Å². The van der Waals surface area contributed by atoms with Crippen LogP contribution in [0.25, 0.3) is 22.3 Å². The summed E-state index contributed by atoms with van der Waals surface area (Å²) < 4.78 is 0. The highest BCUT2D eigenvalue weighted by atomic mass is 15.1. The Kier molecular flexibility index (Phi) is 4.53. The molecule has 0 aliphatic rings. The molecule has 0 amide bonds. The van der Waals surface area contributed by atoms with Gasteiger partial charge in [-0.3, -0.25) is 0 Å². The molecule has 0 aliphatic carbocycles. The average molecular weight is 335 g/mol. The summed E-state index contributed by atoms with van der Waals surface area (Å²) >= 11 is 0. The van der Waals surface area contributed by atoms with Crippen molar-refractivity contribution in [1.82, 2.24) is 0 Å². The number of hydrogen-bond donors (Lipinski definition) is 0. The summed E-state index contributed by atoms with van der Waals surface area (Å²) in [5.74, 6) is 0. The number of nitrogens with zero attached hydrogens (tertiary/aromatic N) is 1. The SMILES string of the molecule is CN(c1ccccc1)c1ccccc1-c1ccccc1-c1ccccc1. The molecule has 126 valence electrons. The standard InChI is InChI=1S/C25H21N/c1-26(21-14-6-3-7-15-21)25-19-11-10-18-24(25)23-17-9-8-16-22(23)20-12-4-2-5-13-20/h2-19H,1H3. The minimum atomic E-state index is 1.18. The van der Waals surface area contributed by atoms with Gasteiger partial charge >= 0.3 is 0 Å². The minimum absolute atomic E-state index is 1.18. The zero-order valence-corrected chi connectivity index (χ0v) is 14.8. The molecule has 4 rings (SSSR count). The van der Waals surface area contributed by atoms with Crippen LogP contribution in [0, 0.1) is 0 Å². The second kappa shape index (κ2) is 7.28. The molecule has 1 heteroatoms. The highest BCUT2D eigenvalue weighted by Gasteiger charge is 2.13. The Morgan fingerprint density at radius 3 is 1.65 bits per heavy atom. The monoisotopic (exact) mass is 335 g/mol. The number of hydrogen-bond acceptors (Lipinski definition) is 1. The van der Waals surface area contributed by atoms with Gasteiger partial charge < -0.3 is 4.90 Å². The lowest BCUT2D eigenvalue weighted by Gasteiger charge is -2.24. The van der Waals surface area contributed by atoms with Gasteiger partial charge in [-0.15, -0.1) is 0 Å². The van der Waals surface area contributed by atoms with Crippen LogP contribution < -0.4 is 4.90 Å². The van der Waals surface area contributed by atoms with Crippen LogP contribution >= 0.6 is 0 Å². The summed E-state index contributed by atoms with van der Waals surface area (Å²) in [7, 11) is 2.12. The highest BCUT2D eigenvalue weighted by Crippen LogP contribution is 2.39. The van der Waals surface area contributed by atoms with Crippen molar-refractivity contribution in [3.63, 3.8) is 0 Å². The van der Waals surface area contributed by atoms with Gasteiger partial charge in [0.1, 0.15) is 0 Å². The zero-order chi connectivity index (χ0) is 17.8. The van der Waals surface area contributed by atoms with Crippen molar-refractivity contribution < 1.29 is 0 Å². The third kappa shape index (κ3) is 3.12. The molecule has 0 atom stereocenters. The molecule has 0 saturated heterocycles. The van der Waals surface area contributed by atoms with Gasteiger partial charge in [0.05, 0.1) is 0 Å². The Labute approximate surface area is 155 Å². The molecular weight excluding hydrogens is 314 g/mol. The Bertz CT molecular complexity index is 991. The smallest absolute Gasteiger partial charge is 0.0487 e. The van der Waals surface area contributed by atoms with Crippen LogP contribution in [-0.2, 0) is 0 Å². The first-order chi connectivity index (χ1) is 12.8. The maximum Gasteiger partial charge on any atom is 0.0487 e. The second-order valence-corrected chi connectivity index (χ2v) is 6.32. The van der Waals surface area contributed by atoms with Gasteiger partial charge in [-0.05, 0) is 34.9 Å². The van der Waals surface area contributed by atoms with Crippen LogP contribution in [0.4, 0.5) is 11.4 Å². The van der Waals surface area contributed by atoms with Crippen LogP contribution in [0.15, 0.2) is 109 Å². The fraction of sp³-hybridized carbons (Fsp3) is 0.0400. The van der Waals surface area contributed by atoms with Gasteiger partial charge in [0.25, 0.3) is 0 Å². The normalized spacial score (nSPS) is 10.5. The third-order valence-electron chi connectivity index (χ3n) is 4.71. The van der Waals surface area contributed by atoms with Crippen molar-refractivity contribution in [3.05, 3.63) is 109 Å². The molecule has 0 saturated carbocycles. The molecule has 26 heavy (non-hydrogen) atoms. The van der Waals surface area contributed by atoms with Crippen molar-refractivity contribution in [1.29, 1.82) is 0 Å². The lowest BCUT2D eigenvalue weighted by atomic mass is 9.93. The molecule has 0 heterocycles. The van der Waals surface area contributed by atoms with E-state index in [0.717, 1.165) is 0 Å². The van der Waals surface area contributed by atoms with Crippen molar-refractivity contribution >= 4 is 11.4 Å².